The predicted octanol–water partition coefficient (Wildman–Crippen LogP) is 2.64. The Labute approximate surface area is 147 Å². The van der Waals surface area contributed by atoms with E-state index in [-0.39, 0.29) is 34.6 Å². The van der Waals surface area contributed by atoms with Crippen LogP contribution in [0.25, 0.3) is 22.2 Å². The van der Waals surface area contributed by atoms with Gasteiger partial charge in [-0.05, 0) is 13.0 Å². The Balaban J connectivity index is 1.69. The number of benzene rings is 1. The van der Waals surface area contributed by atoms with Gasteiger partial charge in [0.25, 0.3) is 5.56 Å². The molecule has 0 atom stereocenters. The van der Waals surface area contributed by atoms with Crippen molar-refractivity contribution in [1.29, 1.82) is 0 Å². The molecule has 3 aromatic heterocycles. The summed E-state index contributed by atoms with van der Waals surface area (Å²) in [6.45, 7) is 3.33. The number of hydrogen-bond acceptors (Lipinski definition) is 7. The number of nitrogens with zero attached hydrogens (tertiary/aromatic N) is 3. The molecule has 0 saturated carbocycles. The third-order valence-electron chi connectivity index (χ3n) is 4.11. The molecule has 1 aromatic carbocycles. The minimum atomic E-state index is -0.653. The van der Waals surface area contributed by atoms with Gasteiger partial charge in [0, 0.05) is 19.5 Å². The van der Waals surface area contributed by atoms with Crippen molar-refractivity contribution < 1.29 is 18.4 Å². The fourth-order valence-corrected chi connectivity index (χ4v) is 2.88. The molecule has 3 heterocycles. The Morgan fingerprint density at radius 3 is 2.88 bits per heavy atom. The molecule has 4 rings (SSSR count). The molecule has 0 radical (unpaired) electrons. The van der Waals surface area contributed by atoms with E-state index in [2.05, 4.69) is 9.97 Å². The molecule has 0 aliphatic carbocycles. The number of rotatable bonds is 3. The lowest BCUT2D eigenvalue weighted by molar-refractivity contribution is 0.0473. The second-order valence-corrected chi connectivity index (χ2v) is 5.95. The zero-order chi connectivity index (χ0) is 18.4. The topological polar surface area (TPSA) is 100 Å². The van der Waals surface area contributed by atoms with Crippen LogP contribution in [0, 0.1) is 13.8 Å². The summed E-state index contributed by atoms with van der Waals surface area (Å²) in [5.74, 6) is 0.166. The highest BCUT2D eigenvalue weighted by Gasteiger charge is 2.24. The van der Waals surface area contributed by atoms with Crippen LogP contribution in [0.2, 0.25) is 0 Å². The quantitative estimate of drug-likeness (QED) is 0.522. The molecule has 0 unspecified atom stereocenters. The smallest absolute Gasteiger partial charge is 0.342 e. The standard InChI is InChI=1S/C18H15N3O5/c1-9-13(14-16(25-9)19-8-21(3)17(14)22)18(23)24-7-11-5-4-6-12-15(11)26-10(2)20-12/h4-6,8H,7H2,1-3H3. The number of fused-ring (bicyclic) bond motifs is 2. The van der Waals surface area contributed by atoms with Gasteiger partial charge in [0.2, 0.25) is 5.71 Å². The van der Waals surface area contributed by atoms with Crippen LogP contribution in [0.1, 0.15) is 27.6 Å². The molecule has 0 aliphatic heterocycles. The van der Waals surface area contributed by atoms with Crippen LogP contribution in [0.3, 0.4) is 0 Å². The maximum Gasteiger partial charge on any atom is 0.342 e. The molecule has 26 heavy (non-hydrogen) atoms. The summed E-state index contributed by atoms with van der Waals surface area (Å²) >= 11 is 0. The van der Waals surface area contributed by atoms with Crippen LogP contribution in [-0.2, 0) is 18.4 Å². The normalized spacial score (nSPS) is 11.3. The molecule has 132 valence electrons. The monoisotopic (exact) mass is 353 g/mol. The zero-order valence-electron chi connectivity index (χ0n) is 14.4. The van der Waals surface area contributed by atoms with Gasteiger partial charge in [-0.3, -0.25) is 4.79 Å². The number of furan rings is 1. The van der Waals surface area contributed by atoms with Gasteiger partial charge in [0.15, 0.2) is 11.5 Å². The number of aryl methyl sites for hydroxylation is 3. The largest absolute Gasteiger partial charge is 0.457 e. The predicted molar refractivity (Wildman–Crippen MR) is 91.9 cm³/mol. The van der Waals surface area contributed by atoms with Crippen LogP contribution >= 0.6 is 0 Å². The average molecular weight is 353 g/mol. The molecule has 0 amide bonds. The average Bonchev–Trinajstić information content (AvgIpc) is 3.15. The van der Waals surface area contributed by atoms with Gasteiger partial charge in [0.05, 0.1) is 0 Å². The van der Waals surface area contributed by atoms with Crippen molar-refractivity contribution in [2.75, 3.05) is 0 Å². The summed E-state index contributed by atoms with van der Waals surface area (Å²) in [6, 6.07) is 5.42. The fourth-order valence-electron chi connectivity index (χ4n) is 2.88. The zero-order valence-corrected chi connectivity index (χ0v) is 14.4. The molecule has 4 aromatic rings. The first-order valence-electron chi connectivity index (χ1n) is 7.92. The van der Waals surface area contributed by atoms with Crippen molar-refractivity contribution in [2.45, 2.75) is 20.5 Å². The first kappa shape index (κ1) is 16.1. The Morgan fingerprint density at radius 1 is 1.27 bits per heavy atom. The van der Waals surface area contributed by atoms with E-state index < -0.39 is 5.97 Å². The van der Waals surface area contributed by atoms with E-state index in [0.717, 1.165) is 0 Å². The number of ether oxygens (including phenoxy) is 1. The SMILES string of the molecule is Cc1nc2cccc(COC(=O)c3c(C)oc4ncn(C)c(=O)c34)c2o1. The van der Waals surface area contributed by atoms with Crippen molar-refractivity contribution in [2.24, 2.45) is 7.05 Å². The Morgan fingerprint density at radius 2 is 2.08 bits per heavy atom. The molecule has 0 N–H and O–H groups in total. The second-order valence-electron chi connectivity index (χ2n) is 5.95. The summed E-state index contributed by atoms with van der Waals surface area (Å²) in [4.78, 5) is 33.3. The lowest BCUT2D eigenvalue weighted by Gasteiger charge is -2.05. The fraction of sp³-hybridized carbons (Fsp3) is 0.222. The number of aromatic nitrogens is 3. The summed E-state index contributed by atoms with van der Waals surface area (Å²) in [5, 5.41) is 0.117. The van der Waals surface area contributed by atoms with Gasteiger partial charge in [-0.2, -0.15) is 0 Å². The number of carbonyl (C=O) groups is 1. The van der Waals surface area contributed by atoms with Crippen molar-refractivity contribution in [3.8, 4) is 0 Å². The molecular formula is C18H15N3O5. The number of hydrogen-bond donors (Lipinski definition) is 0. The summed E-state index contributed by atoms with van der Waals surface area (Å²) in [7, 11) is 1.55. The molecule has 0 aliphatic rings. The van der Waals surface area contributed by atoms with Gasteiger partial charge < -0.3 is 18.1 Å². The third-order valence-corrected chi connectivity index (χ3v) is 4.11. The van der Waals surface area contributed by atoms with Gasteiger partial charge in [0.1, 0.15) is 35.2 Å². The van der Waals surface area contributed by atoms with E-state index in [1.54, 1.807) is 27.0 Å². The highest BCUT2D eigenvalue weighted by atomic mass is 16.5. The molecule has 8 heteroatoms. The minimum absolute atomic E-state index is 0.0164. The van der Waals surface area contributed by atoms with Crippen LogP contribution in [0.4, 0.5) is 0 Å². The number of esters is 1. The summed E-state index contributed by atoms with van der Waals surface area (Å²) in [6.07, 6.45) is 1.34. The Hall–Kier alpha value is -3.42. The van der Waals surface area contributed by atoms with Crippen molar-refractivity contribution >= 4 is 28.2 Å². The van der Waals surface area contributed by atoms with Crippen LogP contribution < -0.4 is 5.56 Å². The van der Waals surface area contributed by atoms with Crippen LogP contribution in [0.15, 0.2) is 38.2 Å². The maximum absolute atomic E-state index is 12.6. The van der Waals surface area contributed by atoms with Crippen molar-refractivity contribution in [3.05, 3.63) is 57.7 Å². The number of carbonyl (C=O) groups excluding carboxylic acids is 1. The second kappa shape index (κ2) is 5.83. The number of oxazole rings is 1. The van der Waals surface area contributed by atoms with Crippen molar-refractivity contribution in [1.82, 2.24) is 14.5 Å². The van der Waals surface area contributed by atoms with E-state index in [1.807, 2.05) is 12.1 Å². The molecule has 0 fully saturated rings. The first-order valence-corrected chi connectivity index (χ1v) is 7.92. The van der Waals surface area contributed by atoms with Crippen LogP contribution in [-0.4, -0.2) is 20.5 Å². The summed E-state index contributed by atoms with van der Waals surface area (Å²) in [5.41, 5.74) is 1.79. The highest BCUT2D eigenvalue weighted by Crippen LogP contribution is 2.24. The van der Waals surface area contributed by atoms with Crippen molar-refractivity contribution in [3.63, 3.8) is 0 Å². The van der Waals surface area contributed by atoms with E-state index in [0.29, 0.717) is 22.6 Å². The Kier molecular flexibility index (Phi) is 3.61. The highest BCUT2D eigenvalue weighted by molar-refractivity contribution is 6.03. The molecular weight excluding hydrogens is 338 g/mol. The van der Waals surface area contributed by atoms with Gasteiger partial charge in [-0.25, -0.2) is 14.8 Å². The lowest BCUT2D eigenvalue weighted by Crippen LogP contribution is -2.19. The van der Waals surface area contributed by atoms with Gasteiger partial charge in [-0.1, -0.05) is 12.1 Å². The van der Waals surface area contributed by atoms with Crippen LogP contribution in [0.5, 0.6) is 0 Å². The number of para-hydroxylation sites is 1. The molecule has 0 saturated heterocycles. The van der Waals surface area contributed by atoms with Gasteiger partial charge >= 0.3 is 5.97 Å². The third kappa shape index (κ3) is 2.46. The molecule has 8 nitrogen and oxygen atoms in total. The Bertz CT molecular complexity index is 1210. The van der Waals surface area contributed by atoms with E-state index in [4.69, 9.17) is 13.6 Å². The van der Waals surface area contributed by atoms with E-state index in [9.17, 15) is 9.59 Å². The summed E-state index contributed by atoms with van der Waals surface area (Å²) < 4.78 is 17.7. The molecule has 0 bridgehead atoms. The maximum atomic E-state index is 12.6. The molecule has 0 spiro atoms. The van der Waals surface area contributed by atoms with E-state index >= 15 is 0 Å². The lowest BCUT2D eigenvalue weighted by atomic mass is 10.2. The van der Waals surface area contributed by atoms with E-state index in [1.165, 1.54) is 10.9 Å². The minimum Gasteiger partial charge on any atom is -0.457 e. The first-order chi connectivity index (χ1) is 12.5. The van der Waals surface area contributed by atoms with Gasteiger partial charge in [-0.15, -0.1) is 0 Å².